The van der Waals surface area contributed by atoms with Gasteiger partial charge < -0.3 is 5.73 Å². The quantitative estimate of drug-likeness (QED) is 0.497. The van der Waals surface area contributed by atoms with Crippen LogP contribution in [-0.2, 0) is 10.0 Å². The van der Waals surface area contributed by atoms with Gasteiger partial charge in [0.1, 0.15) is 10.7 Å². The van der Waals surface area contributed by atoms with Gasteiger partial charge in [0.05, 0.1) is 12.2 Å². The summed E-state index contributed by atoms with van der Waals surface area (Å²) < 4.78 is 26.1. The van der Waals surface area contributed by atoms with Crippen LogP contribution in [0.4, 0.5) is 0 Å². The molecule has 0 saturated carbocycles. The molecule has 20 heavy (non-hydrogen) atoms. The fraction of sp³-hybridized carbons (Fsp3) is 0.636. The molecule has 1 saturated heterocycles. The molecule has 2 rings (SSSR count). The maximum absolute atomic E-state index is 12.3. The summed E-state index contributed by atoms with van der Waals surface area (Å²) in [5, 5.41) is 13.8. The molecule has 0 amide bonds. The number of H-pyrrole nitrogens is 1. The molecule has 8 nitrogen and oxygen atoms in total. The van der Waals surface area contributed by atoms with Gasteiger partial charge >= 0.3 is 0 Å². The first-order valence-electron chi connectivity index (χ1n) is 6.53. The largest absolute Gasteiger partial charge is 0.386 e. The SMILES string of the molecule is CCC(C(=N)N)N1CCN(S(=O)(=O)c2cn[nH]c2)CC1. The number of piperazine rings is 1. The third-order valence-corrected chi connectivity index (χ3v) is 5.43. The summed E-state index contributed by atoms with van der Waals surface area (Å²) in [6.07, 6.45) is 3.45. The molecule has 1 aliphatic heterocycles. The van der Waals surface area contributed by atoms with Crippen molar-refractivity contribution in [1.29, 1.82) is 5.41 Å². The van der Waals surface area contributed by atoms with E-state index in [1.807, 2.05) is 6.92 Å². The zero-order valence-electron chi connectivity index (χ0n) is 11.4. The van der Waals surface area contributed by atoms with Crippen molar-refractivity contribution in [2.45, 2.75) is 24.3 Å². The van der Waals surface area contributed by atoms with E-state index in [1.165, 1.54) is 16.7 Å². The number of aromatic nitrogens is 2. The van der Waals surface area contributed by atoms with Crippen molar-refractivity contribution in [3.63, 3.8) is 0 Å². The number of amidine groups is 1. The van der Waals surface area contributed by atoms with Crippen LogP contribution in [0.1, 0.15) is 13.3 Å². The van der Waals surface area contributed by atoms with Crippen molar-refractivity contribution in [2.75, 3.05) is 26.2 Å². The van der Waals surface area contributed by atoms with Crippen molar-refractivity contribution in [3.05, 3.63) is 12.4 Å². The standard InChI is InChI=1S/C11H20N6O2S/c1-2-10(11(12)13)16-3-5-17(6-4-16)20(18,19)9-7-14-15-8-9/h7-8,10H,2-6H2,1H3,(H3,12,13)(H,14,15). The molecule has 1 aliphatic rings. The summed E-state index contributed by atoms with van der Waals surface area (Å²) in [7, 11) is -3.47. The second-order valence-electron chi connectivity index (χ2n) is 4.75. The first kappa shape index (κ1) is 14.9. The van der Waals surface area contributed by atoms with Crippen LogP contribution in [0, 0.1) is 5.41 Å². The van der Waals surface area contributed by atoms with E-state index in [4.69, 9.17) is 11.1 Å². The summed E-state index contributed by atoms with van der Waals surface area (Å²) in [6, 6.07) is -0.103. The molecule has 9 heteroatoms. The lowest BCUT2D eigenvalue weighted by atomic mass is 10.1. The lowest BCUT2D eigenvalue weighted by Crippen LogP contribution is -2.54. The Morgan fingerprint density at radius 2 is 2.15 bits per heavy atom. The average molecular weight is 300 g/mol. The minimum Gasteiger partial charge on any atom is -0.386 e. The van der Waals surface area contributed by atoms with Crippen molar-refractivity contribution >= 4 is 15.9 Å². The summed E-state index contributed by atoms with van der Waals surface area (Å²) in [5.41, 5.74) is 5.57. The second kappa shape index (κ2) is 5.90. The molecule has 2 heterocycles. The predicted octanol–water partition coefficient (Wildman–Crippen LogP) is -0.569. The monoisotopic (exact) mass is 300 g/mol. The van der Waals surface area contributed by atoms with Crippen LogP contribution in [0.5, 0.6) is 0 Å². The van der Waals surface area contributed by atoms with Gasteiger partial charge in [-0.25, -0.2) is 8.42 Å². The lowest BCUT2D eigenvalue weighted by Gasteiger charge is -2.37. The number of hydrogen-bond acceptors (Lipinski definition) is 5. The number of nitrogens with one attached hydrogen (secondary N) is 2. The molecule has 112 valence electrons. The number of nitrogens with zero attached hydrogens (tertiary/aromatic N) is 3. The fourth-order valence-electron chi connectivity index (χ4n) is 2.46. The zero-order valence-corrected chi connectivity index (χ0v) is 12.2. The molecule has 1 fully saturated rings. The summed E-state index contributed by atoms with van der Waals surface area (Å²) in [6.45, 7) is 3.93. The molecule has 0 radical (unpaired) electrons. The van der Waals surface area contributed by atoms with Gasteiger partial charge in [0.25, 0.3) is 0 Å². The van der Waals surface area contributed by atoms with Crippen LogP contribution < -0.4 is 5.73 Å². The van der Waals surface area contributed by atoms with Crippen molar-refractivity contribution < 1.29 is 8.42 Å². The van der Waals surface area contributed by atoms with E-state index in [0.717, 1.165) is 6.42 Å². The van der Waals surface area contributed by atoms with Crippen LogP contribution in [-0.4, -0.2) is 65.9 Å². The third-order valence-electron chi connectivity index (χ3n) is 3.57. The van der Waals surface area contributed by atoms with Crippen LogP contribution >= 0.6 is 0 Å². The Kier molecular flexibility index (Phi) is 4.41. The van der Waals surface area contributed by atoms with Crippen molar-refractivity contribution in [2.24, 2.45) is 5.73 Å². The first-order chi connectivity index (χ1) is 9.46. The normalized spacial score (nSPS) is 19.9. The van der Waals surface area contributed by atoms with Crippen LogP contribution in [0.15, 0.2) is 17.3 Å². The maximum Gasteiger partial charge on any atom is 0.246 e. The molecule has 0 spiro atoms. The Morgan fingerprint density at radius 1 is 1.50 bits per heavy atom. The highest BCUT2D eigenvalue weighted by atomic mass is 32.2. The van der Waals surface area contributed by atoms with Gasteiger partial charge in [-0.15, -0.1) is 0 Å². The first-order valence-corrected chi connectivity index (χ1v) is 7.97. The van der Waals surface area contributed by atoms with E-state index in [0.29, 0.717) is 26.2 Å². The number of nitrogens with two attached hydrogens (primary N) is 1. The molecule has 1 aromatic rings. The molecule has 1 atom stereocenters. The molecule has 0 bridgehead atoms. The highest BCUT2D eigenvalue weighted by Crippen LogP contribution is 2.17. The van der Waals surface area contributed by atoms with E-state index in [-0.39, 0.29) is 16.8 Å². The summed E-state index contributed by atoms with van der Waals surface area (Å²) in [4.78, 5) is 2.24. The number of rotatable bonds is 5. The molecule has 0 aliphatic carbocycles. The fourth-order valence-corrected chi connectivity index (χ4v) is 3.79. The molecule has 0 aromatic carbocycles. The Bertz CT molecular complexity index is 547. The van der Waals surface area contributed by atoms with Crippen LogP contribution in [0.25, 0.3) is 0 Å². The highest BCUT2D eigenvalue weighted by Gasteiger charge is 2.31. The third kappa shape index (κ3) is 2.84. The van der Waals surface area contributed by atoms with Gasteiger partial charge in [0.15, 0.2) is 0 Å². The van der Waals surface area contributed by atoms with E-state index in [9.17, 15) is 8.42 Å². The van der Waals surface area contributed by atoms with Gasteiger partial charge in [0, 0.05) is 32.4 Å². The maximum atomic E-state index is 12.3. The topological polar surface area (TPSA) is 119 Å². The lowest BCUT2D eigenvalue weighted by molar-refractivity contribution is 0.163. The Balaban J connectivity index is 2.03. The van der Waals surface area contributed by atoms with Gasteiger partial charge in [-0.1, -0.05) is 6.92 Å². The average Bonchev–Trinajstić information content (AvgIpc) is 2.94. The van der Waals surface area contributed by atoms with Crippen LogP contribution in [0.2, 0.25) is 0 Å². The number of hydrogen-bond donors (Lipinski definition) is 3. The van der Waals surface area contributed by atoms with Gasteiger partial charge in [-0.2, -0.15) is 9.40 Å². The smallest absolute Gasteiger partial charge is 0.246 e. The second-order valence-corrected chi connectivity index (χ2v) is 6.69. The Labute approximate surface area is 118 Å². The Morgan fingerprint density at radius 3 is 2.60 bits per heavy atom. The van der Waals surface area contributed by atoms with E-state index < -0.39 is 10.0 Å². The summed E-state index contributed by atoms with van der Waals surface area (Å²) in [5.74, 6) is 0.138. The van der Waals surface area contributed by atoms with E-state index in [2.05, 4.69) is 15.1 Å². The van der Waals surface area contributed by atoms with E-state index >= 15 is 0 Å². The molecular formula is C11H20N6O2S. The molecular weight excluding hydrogens is 280 g/mol. The van der Waals surface area contributed by atoms with Crippen LogP contribution in [0.3, 0.4) is 0 Å². The molecule has 4 N–H and O–H groups in total. The summed E-state index contributed by atoms with van der Waals surface area (Å²) >= 11 is 0. The van der Waals surface area contributed by atoms with E-state index in [1.54, 1.807) is 0 Å². The van der Waals surface area contributed by atoms with Gasteiger partial charge in [-0.3, -0.25) is 15.4 Å². The van der Waals surface area contributed by atoms with Gasteiger partial charge in [0.2, 0.25) is 10.0 Å². The van der Waals surface area contributed by atoms with Crippen molar-refractivity contribution in [3.8, 4) is 0 Å². The molecule has 1 aromatic heterocycles. The Hall–Kier alpha value is -1.45. The minimum atomic E-state index is -3.47. The van der Waals surface area contributed by atoms with Crippen molar-refractivity contribution in [1.82, 2.24) is 19.4 Å². The predicted molar refractivity (Wildman–Crippen MR) is 74.9 cm³/mol. The number of sulfonamides is 1. The minimum absolute atomic E-state index is 0.103. The van der Waals surface area contributed by atoms with Gasteiger partial charge in [-0.05, 0) is 6.42 Å². The highest BCUT2D eigenvalue weighted by molar-refractivity contribution is 7.89. The number of aromatic amines is 1. The zero-order chi connectivity index (χ0) is 14.8. The molecule has 1 unspecified atom stereocenters.